The normalized spacial score (nSPS) is 14.9. The highest BCUT2D eigenvalue weighted by atomic mass is 35.5. The molecular weight excluding hydrogens is 452 g/mol. The van der Waals surface area contributed by atoms with Crippen molar-refractivity contribution < 1.29 is 19.0 Å². The van der Waals surface area contributed by atoms with Crippen molar-refractivity contribution in [2.75, 3.05) is 32.7 Å². The lowest BCUT2D eigenvalue weighted by Crippen LogP contribution is -2.44. The minimum absolute atomic E-state index is 0.211. The highest BCUT2D eigenvalue weighted by Gasteiger charge is 2.33. The number of hydrogen-bond donors (Lipinski definition) is 1. The van der Waals surface area contributed by atoms with E-state index in [1.54, 1.807) is 37.3 Å². The van der Waals surface area contributed by atoms with Crippen LogP contribution in [0.4, 0.5) is 10.5 Å². The van der Waals surface area contributed by atoms with Crippen molar-refractivity contribution in [3.8, 4) is 17.2 Å². The van der Waals surface area contributed by atoms with Gasteiger partial charge in [-0.2, -0.15) is 0 Å². The number of carbonyl (C=O) groups excluding carboxylic acids is 1. The molecule has 1 N–H and O–H groups in total. The van der Waals surface area contributed by atoms with Crippen LogP contribution in [-0.4, -0.2) is 38.3 Å². The first-order chi connectivity index (χ1) is 16.4. The number of benzene rings is 3. The van der Waals surface area contributed by atoms with Crippen molar-refractivity contribution in [2.24, 2.45) is 0 Å². The number of rotatable bonds is 6. The van der Waals surface area contributed by atoms with Gasteiger partial charge in [0.15, 0.2) is 11.5 Å². The second kappa shape index (κ2) is 10.3. The van der Waals surface area contributed by atoms with Gasteiger partial charge in [-0.15, -0.1) is 0 Å². The van der Waals surface area contributed by atoms with E-state index in [9.17, 15) is 4.79 Å². The average molecular weight is 481 g/mol. The molecule has 2 amide bonds. The van der Waals surface area contributed by atoms with E-state index < -0.39 is 0 Å². The number of nitrogens with one attached hydrogen (secondary N) is 1. The lowest BCUT2D eigenvalue weighted by atomic mass is 9.92. The fourth-order valence-corrected chi connectivity index (χ4v) is 4.59. The van der Waals surface area contributed by atoms with Crippen molar-refractivity contribution >= 4 is 23.3 Å². The monoisotopic (exact) mass is 480 g/mol. The minimum Gasteiger partial charge on any atom is -0.493 e. The lowest BCUT2D eigenvalue weighted by Gasteiger charge is -2.37. The van der Waals surface area contributed by atoms with Crippen LogP contribution in [0.5, 0.6) is 17.2 Å². The Labute approximate surface area is 205 Å². The van der Waals surface area contributed by atoms with Gasteiger partial charge in [0, 0.05) is 17.3 Å². The van der Waals surface area contributed by atoms with Gasteiger partial charge in [-0.3, -0.25) is 0 Å². The SMILES string of the molecule is COc1cc2c(cc1OC)C(COc1cc(C)cc(C)c1)N(C(=O)Nc1cccc(Cl)c1)CC2. The summed E-state index contributed by atoms with van der Waals surface area (Å²) in [5.74, 6) is 2.07. The minimum atomic E-state index is -0.316. The Morgan fingerprint density at radius 2 is 1.74 bits per heavy atom. The molecule has 0 saturated heterocycles. The summed E-state index contributed by atoms with van der Waals surface area (Å²) in [7, 11) is 3.23. The molecular formula is C27H29ClN2O4. The van der Waals surface area contributed by atoms with Crippen molar-refractivity contribution in [3.05, 3.63) is 81.9 Å². The predicted molar refractivity (Wildman–Crippen MR) is 135 cm³/mol. The summed E-state index contributed by atoms with van der Waals surface area (Å²) in [4.78, 5) is 15.2. The van der Waals surface area contributed by atoms with Gasteiger partial charge < -0.3 is 24.4 Å². The third kappa shape index (κ3) is 5.23. The standard InChI is InChI=1S/C27H29ClN2O4/c1-17-10-18(2)12-22(11-17)34-16-24-23-15-26(33-4)25(32-3)13-19(23)8-9-30(24)27(31)29-21-7-5-6-20(28)14-21/h5-7,10-15,24H,8-9,16H2,1-4H3,(H,29,31). The van der Waals surface area contributed by atoms with E-state index in [0.29, 0.717) is 41.8 Å². The van der Waals surface area contributed by atoms with Crippen LogP contribution in [0.1, 0.15) is 28.3 Å². The summed E-state index contributed by atoms with van der Waals surface area (Å²) in [6.07, 6.45) is 0.693. The summed E-state index contributed by atoms with van der Waals surface area (Å²) >= 11 is 6.10. The number of fused-ring (bicyclic) bond motifs is 1. The van der Waals surface area contributed by atoms with Gasteiger partial charge in [0.1, 0.15) is 12.4 Å². The molecule has 1 unspecified atom stereocenters. The van der Waals surface area contributed by atoms with E-state index in [1.165, 1.54) is 0 Å². The smallest absolute Gasteiger partial charge is 0.322 e. The number of methoxy groups -OCH3 is 2. The first-order valence-electron chi connectivity index (χ1n) is 11.2. The zero-order valence-corrected chi connectivity index (χ0v) is 20.6. The largest absolute Gasteiger partial charge is 0.493 e. The van der Waals surface area contributed by atoms with Gasteiger partial charge in [0.2, 0.25) is 0 Å². The van der Waals surface area contributed by atoms with Gasteiger partial charge in [-0.25, -0.2) is 4.79 Å². The van der Waals surface area contributed by atoms with Crippen LogP contribution in [-0.2, 0) is 6.42 Å². The zero-order valence-electron chi connectivity index (χ0n) is 19.9. The van der Waals surface area contributed by atoms with Gasteiger partial charge in [0.25, 0.3) is 0 Å². The van der Waals surface area contributed by atoms with Crippen LogP contribution in [0.2, 0.25) is 5.02 Å². The average Bonchev–Trinajstić information content (AvgIpc) is 2.80. The summed E-state index contributed by atoms with van der Waals surface area (Å²) in [5.41, 5.74) is 4.99. The van der Waals surface area contributed by atoms with Gasteiger partial charge in [0.05, 0.1) is 20.3 Å². The Kier molecular flexibility index (Phi) is 7.17. The van der Waals surface area contributed by atoms with E-state index >= 15 is 0 Å². The molecule has 0 spiro atoms. The molecule has 0 aliphatic carbocycles. The molecule has 3 aromatic rings. The molecule has 0 bridgehead atoms. The number of urea groups is 1. The molecule has 1 atom stereocenters. The van der Waals surface area contributed by atoms with Gasteiger partial charge in [-0.05, 0) is 85.0 Å². The van der Waals surface area contributed by atoms with E-state index in [4.69, 9.17) is 25.8 Å². The molecule has 0 fully saturated rings. The molecule has 4 rings (SSSR count). The Balaban J connectivity index is 1.66. The van der Waals surface area contributed by atoms with E-state index in [1.807, 2.05) is 44.2 Å². The molecule has 34 heavy (non-hydrogen) atoms. The van der Waals surface area contributed by atoms with Crippen LogP contribution in [0.25, 0.3) is 0 Å². The Morgan fingerprint density at radius 1 is 1.03 bits per heavy atom. The number of aryl methyl sites for hydroxylation is 2. The summed E-state index contributed by atoms with van der Waals surface area (Å²) < 4.78 is 17.3. The highest BCUT2D eigenvalue weighted by Crippen LogP contribution is 2.38. The third-order valence-corrected chi connectivity index (χ3v) is 6.18. The van der Waals surface area contributed by atoms with Crippen LogP contribution < -0.4 is 19.5 Å². The van der Waals surface area contributed by atoms with Crippen LogP contribution >= 0.6 is 11.6 Å². The molecule has 178 valence electrons. The Bertz CT molecular complexity index is 1180. The Hall–Kier alpha value is -3.38. The third-order valence-electron chi connectivity index (χ3n) is 5.94. The molecule has 7 heteroatoms. The number of anilines is 1. The molecule has 1 aliphatic heterocycles. The molecule has 0 aromatic heterocycles. The highest BCUT2D eigenvalue weighted by molar-refractivity contribution is 6.30. The van der Waals surface area contributed by atoms with Crippen molar-refractivity contribution in [1.29, 1.82) is 0 Å². The van der Waals surface area contributed by atoms with E-state index in [0.717, 1.165) is 28.0 Å². The summed E-state index contributed by atoms with van der Waals surface area (Å²) in [6.45, 7) is 4.92. The number of halogens is 1. The number of amides is 2. The van der Waals surface area contributed by atoms with Gasteiger partial charge in [-0.1, -0.05) is 23.7 Å². The van der Waals surface area contributed by atoms with E-state index in [-0.39, 0.29) is 12.1 Å². The second-order valence-corrected chi connectivity index (χ2v) is 8.88. The molecule has 1 heterocycles. The fourth-order valence-electron chi connectivity index (χ4n) is 4.40. The predicted octanol–water partition coefficient (Wildman–Crippen LogP) is 6.18. The van der Waals surface area contributed by atoms with Crippen molar-refractivity contribution in [3.63, 3.8) is 0 Å². The number of nitrogens with zero attached hydrogens (tertiary/aromatic N) is 1. The maximum atomic E-state index is 13.4. The quantitative estimate of drug-likeness (QED) is 0.457. The first-order valence-corrected chi connectivity index (χ1v) is 11.5. The van der Waals surface area contributed by atoms with Crippen LogP contribution in [0, 0.1) is 13.8 Å². The van der Waals surface area contributed by atoms with Crippen LogP contribution in [0.15, 0.2) is 54.6 Å². The van der Waals surface area contributed by atoms with Crippen molar-refractivity contribution in [2.45, 2.75) is 26.3 Å². The molecule has 0 saturated carbocycles. The maximum absolute atomic E-state index is 13.4. The fraction of sp³-hybridized carbons (Fsp3) is 0.296. The number of carbonyl (C=O) groups is 1. The van der Waals surface area contributed by atoms with Crippen LogP contribution in [0.3, 0.4) is 0 Å². The Morgan fingerprint density at radius 3 is 2.41 bits per heavy atom. The second-order valence-electron chi connectivity index (χ2n) is 8.44. The van der Waals surface area contributed by atoms with E-state index in [2.05, 4.69) is 11.4 Å². The topological polar surface area (TPSA) is 60.0 Å². The molecule has 1 aliphatic rings. The molecule has 0 radical (unpaired) electrons. The summed E-state index contributed by atoms with van der Waals surface area (Å²) in [6, 6.07) is 16.6. The first kappa shape index (κ1) is 23.8. The van der Waals surface area contributed by atoms with Crippen molar-refractivity contribution in [1.82, 2.24) is 4.90 Å². The summed E-state index contributed by atoms with van der Waals surface area (Å²) in [5, 5.41) is 3.54. The molecule has 6 nitrogen and oxygen atoms in total. The maximum Gasteiger partial charge on any atom is 0.322 e. The molecule has 3 aromatic carbocycles. The number of ether oxygens (including phenoxy) is 3. The van der Waals surface area contributed by atoms with Gasteiger partial charge >= 0.3 is 6.03 Å². The number of hydrogen-bond acceptors (Lipinski definition) is 4. The lowest BCUT2D eigenvalue weighted by molar-refractivity contribution is 0.144. The zero-order chi connectivity index (χ0) is 24.2.